The topological polar surface area (TPSA) is 3.24 Å². The molecule has 1 heteroatoms. The zero-order valence-corrected chi connectivity index (χ0v) is 8.15. The zero-order valence-electron chi connectivity index (χ0n) is 8.15. The van der Waals surface area contributed by atoms with Crippen molar-refractivity contribution in [3.63, 3.8) is 0 Å². The third kappa shape index (κ3) is 7.42. The van der Waals surface area contributed by atoms with Gasteiger partial charge in [0.1, 0.15) is 0 Å². The monoisotopic (exact) mass is 153 g/mol. The van der Waals surface area contributed by atoms with Crippen molar-refractivity contribution in [2.75, 3.05) is 20.1 Å². The van der Waals surface area contributed by atoms with Crippen molar-refractivity contribution in [2.24, 2.45) is 5.92 Å². The smallest absolute Gasteiger partial charge is 0.0599 e. The van der Waals surface area contributed by atoms with Crippen LogP contribution >= 0.6 is 0 Å². The maximum Gasteiger partial charge on any atom is 0.0599 e. The van der Waals surface area contributed by atoms with E-state index in [0.717, 1.165) is 13.1 Å². The molecule has 0 amide bonds. The quantitative estimate of drug-likeness (QED) is 0.560. The van der Waals surface area contributed by atoms with Gasteiger partial charge in [-0.2, -0.15) is 0 Å². The Labute approximate surface area is 70.8 Å². The van der Waals surface area contributed by atoms with Gasteiger partial charge in [0.2, 0.25) is 0 Å². The molecule has 0 bridgehead atoms. The number of nitrogens with zero attached hydrogens (tertiary/aromatic N) is 1. The van der Waals surface area contributed by atoms with Gasteiger partial charge in [-0.1, -0.05) is 32.6 Å². The summed E-state index contributed by atoms with van der Waals surface area (Å²) in [6.07, 6.45) is 1.21. The van der Waals surface area contributed by atoms with Crippen LogP contribution < -0.4 is 0 Å². The van der Waals surface area contributed by atoms with Crippen molar-refractivity contribution in [3.8, 4) is 11.8 Å². The fourth-order valence-electron chi connectivity index (χ4n) is 0.846. The fraction of sp³-hybridized carbons (Fsp3) is 0.800. The van der Waals surface area contributed by atoms with Gasteiger partial charge >= 0.3 is 0 Å². The van der Waals surface area contributed by atoms with Crippen LogP contribution in [-0.4, -0.2) is 25.0 Å². The normalized spacial score (nSPS) is 10.0. The van der Waals surface area contributed by atoms with Gasteiger partial charge in [-0.3, -0.25) is 4.90 Å². The number of rotatable bonds is 3. The second kappa shape index (κ2) is 6.24. The van der Waals surface area contributed by atoms with Crippen molar-refractivity contribution in [1.29, 1.82) is 0 Å². The molecule has 11 heavy (non-hydrogen) atoms. The average Bonchev–Trinajstić information content (AvgIpc) is 1.87. The fourth-order valence-corrected chi connectivity index (χ4v) is 0.846. The minimum absolute atomic E-state index is 0.505. The van der Waals surface area contributed by atoms with E-state index in [-0.39, 0.29) is 0 Å². The van der Waals surface area contributed by atoms with Crippen LogP contribution in [-0.2, 0) is 0 Å². The predicted molar refractivity (Wildman–Crippen MR) is 50.4 cm³/mol. The molecule has 0 N–H and O–H groups in total. The molecule has 64 valence electrons. The molecule has 0 aromatic carbocycles. The molecule has 0 saturated carbocycles. The Balaban J connectivity index is 3.46. The maximum atomic E-state index is 3.15. The Morgan fingerprint density at radius 3 is 2.45 bits per heavy atom. The van der Waals surface area contributed by atoms with Gasteiger partial charge in [-0.05, 0) is 20.0 Å². The Kier molecular flexibility index (Phi) is 5.97. The molecule has 0 unspecified atom stereocenters. The highest BCUT2D eigenvalue weighted by atomic mass is 15.1. The molecule has 1 nitrogen and oxygen atoms in total. The molecule has 0 aliphatic heterocycles. The van der Waals surface area contributed by atoms with Crippen LogP contribution in [0.25, 0.3) is 0 Å². The van der Waals surface area contributed by atoms with Crippen LogP contribution in [0.3, 0.4) is 0 Å². The van der Waals surface area contributed by atoms with E-state index in [4.69, 9.17) is 0 Å². The molecule has 0 aliphatic carbocycles. The summed E-state index contributed by atoms with van der Waals surface area (Å²) >= 11 is 0. The van der Waals surface area contributed by atoms with E-state index in [1.165, 1.54) is 6.42 Å². The highest BCUT2D eigenvalue weighted by Gasteiger charge is 1.90. The van der Waals surface area contributed by atoms with Crippen molar-refractivity contribution < 1.29 is 0 Å². The minimum atomic E-state index is 0.505. The molecule has 0 spiro atoms. The molecule has 0 aliphatic rings. The van der Waals surface area contributed by atoms with E-state index >= 15 is 0 Å². The summed E-state index contributed by atoms with van der Waals surface area (Å²) in [4.78, 5) is 2.25. The number of hydrogen-bond acceptors (Lipinski definition) is 1. The molecule has 0 aromatic rings. The lowest BCUT2D eigenvalue weighted by Gasteiger charge is -2.10. The van der Waals surface area contributed by atoms with Gasteiger partial charge in [0.05, 0.1) is 6.54 Å². The van der Waals surface area contributed by atoms with Crippen molar-refractivity contribution in [3.05, 3.63) is 0 Å². The molecule has 0 aromatic heterocycles. The molecule has 0 saturated heterocycles. The van der Waals surface area contributed by atoms with E-state index in [2.05, 4.69) is 44.6 Å². The first-order valence-electron chi connectivity index (χ1n) is 4.33. The third-order valence-corrected chi connectivity index (χ3v) is 1.35. The molecule has 0 atom stereocenters. The molecular weight excluding hydrogens is 134 g/mol. The molecule has 0 rings (SSSR count). The van der Waals surface area contributed by atoms with E-state index in [0.29, 0.717) is 5.92 Å². The summed E-state index contributed by atoms with van der Waals surface area (Å²) in [6.45, 7) is 8.48. The maximum absolute atomic E-state index is 3.15. The molecule has 0 radical (unpaired) electrons. The Morgan fingerprint density at radius 2 is 2.00 bits per heavy atom. The second-order valence-corrected chi connectivity index (χ2v) is 3.21. The lowest BCUT2D eigenvalue weighted by molar-refractivity contribution is 0.376. The first-order valence-corrected chi connectivity index (χ1v) is 4.33. The predicted octanol–water partition coefficient (Wildman–Crippen LogP) is 1.99. The summed E-state index contributed by atoms with van der Waals surface area (Å²) in [5.41, 5.74) is 0. The van der Waals surface area contributed by atoms with Crippen molar-refractivity contribution >= 4 is 0 Å². The summed E-state index contributed by atoms with van der Waals surface area (Å²) in [7, 11) is 2.11. The first-order chi connectivity index (χ1) is 5.16. The summed E-state index contributed by atoms with van der Waals surface area (Å²) in [5, 5.41) is 0. The van der Waals surface area contributed by atoms with Gasteiger partial charge in [-0.15, -0.1) is 0 Å². The summed E-state index contributed by atoms with van der Waals surface area (Å²) in [6, 6.07) is 0. The van der Waals surface area contributed by atoms with Crippen LogP contribution in [0.2, 0.25) is 0 Å². The van der Waals surface area contributed by atoms with E-state index < -0.39 is 0 Å². The summed E-state index contributed by atoms with van der Waals surface area (Å²) < 4.78 is 0. The zero-order chi connectivity index (χ0) is 8.69. The molecular formula is C10H19N. The summed E-state index contributed by atoms with van der Waals surface area (Å²) in [5.74, 6) is 6.79. The Morgan fingerprint density at radius 1 is 1.36 bits per heavy atom. The van der Waals surface area contributed by atoms with Gasteiger partial charge in [-0.25, -0.2) is 0 Å². The van der Waals surface area contributed by atoms with Crippen LogP contribution in [0.1, 0.15) is 27.2 Å². The lowest BCUT2D eigenvalue weighted by atomic mass is 10.2. The highest BCUT2D eigenvalue weighted by molar-refractivity contribution is 5.02. The van der Waals surface area contributed by atoms with Crippen LogP contribution in [0.15, 0.2) is 0 Å². The standard InChI is InChI=1S/C10H19N/c1-5-8-11(4)9-6-7-10(2)3/h10H,5,8-9H2,1-4H3. The third-order valence-electron chi connectivity index (χ3n) is 1.35. The van der Waals surface area contributed by atoms with Gasteiger partial charge < -0.3 is 0 Å². The first kappa shape index (κ1) is 10.5. The average molecular weight is 153 g/mol. The second-order valence-electron chi connectivity index (χ2n) is 3.21. The van der Waals surface area contributed by atoms with Gasteiger partial charge in [0.15, 0.2) is 0 Å². The van der Waals surface area contributed by atoms with Gasteiger partial charge in [0.25, 0.3) is 0 Å². The molecule has 0 fully saturated rings. The van der Waals surface area contributed by atoms with E-state index in [1.807, 2.05) is 0 Å². The highest BCUT2D eigenvalue weighted by Crippen LogP contribution is 1.87. The Hall–Kier alpha value is -0.480. The number of hydrogen-bond donors (Lipinski definition) is 0. The SMILES string of the molecule is CCCN(C)CC#CC(C)C. The molecule has 0 heterocycles. The van der Waals surface area contributed by atoms with Crippen LogP contribution in [0, 0.1) is 17.8 Å². The largest absolute Gasteiger partial charge is 0.295 e. The van der Waals surface area contributed by atoms with Crippen molar-refractivity contribution in [1.82, 2.24) is 4.90 Å². The van der Waals surface area contributed by atoms with Crippen LogP contribution in [0.4, 0.5) is 0 Å². The lowest BCUT2D eigenvalue weighted by Crippen LogP contribution is -2.19. The van der Waals surface area contributed by atoms with E-state index in [1.54, 1.807) is 0 Å². The van der Waals surface area contributed by atoms with Crippen LogP contribution in [0.5, 0.6) is 0 Å². The minimum Gasteiger partial charge on any atom is -0.295 e. The van der Waals surface area contributed by atoms with Crippen molar-refractivity contribution in [2.45, 2.75) is 27.2 Å². The van der Waals surface area contributed by atoms with Gasteiger partial charge in [0, 0.05) is 5.92 Å². The van der Waals surface area contributed by atoms with E-state index in [9.17, 15) is 0 Å². The Bertz CT molecular complexity index is 139.